The highest BCUT2D eigenvalue weighted by molar-refractivity contribution is 5.79. The number of pyridine rings is 1. The van der Waals surface area contributed by atoms with Crippen molar-refractivity contribution in [2.24, 2.45) is 5.92 Å². The Morgan fingerprint density at radius 2 is 2.40 bits per heavy atom. The molecule has 20 heavy (non-hydrogen) atoms. The summed E-state index contributed by atoms with van der Waals surface area (Å²) in [4.78, 5) is 10.1. The van der Waals surface area contributed by atoms with Crippen molar-refractivity contribution >= 4 is 11.0 Å². The zero-order valence-electron chi connectivity index (χ0n) is 12.4. The minimum atomic E-state index is 0.680. The van der Waals surface area contributed by atoms with E-state index in [1.54, 1.807) is 0 Å². The van der Waals surface area contributed by atoms with Crippen molar-refractivity contribution in [1.82, 2.24) is 20.2 Å². The molecule has 4 nitrogen and oxygen atoms in total. The standard InChI is InChI=1S/C16H24N4/c1-12(2)20-7-5-13(11-20)8-17-9-14-10-19-16-15(14)4-3-6-18-16/h3-4,6,10,12-13,17H,5,7-9,11H2,1-2H3,(H,18,19). The van der Waals surface area contributed by atoms with Crippen LogP contribution in [0.1, 0.15) is 25.8 Å². The Kier molecular flexibility index (Phi) is 4.03. The molecule has 0 aromatic carbocycles. The van der Waals surface area contributed by atoms with Crippen LogP contribution in [0.2, 0.25) is 0 Å². The van der Waals surface area contributed by atoms with Gasteiger partial charge in [-0.15, -0.1) is 0 Å². The third kappa shape index (κ3) is 2.86. The molecule has 1 saturated heterocycles. The van der Waals surface area contributed by atoms with Gasteiger partial charge in [0, 0.05) is 36.9 Å². The normalized spacial score (nSPS) is 20.2. The van der Waals surface area contributed by atoms with E-state index in [1.165, 1.54) is 30.5 Å². The molecule has 1 aliphatic heterocycles. The highest BCUT2D eigenvalue weighted by Crippen LogP contribution is 2.19. The number of likely N-dealkylation sites (tertiary alicyclic amines) is 1. The lowest BCUT2D eigenvalue weighted by Crippen LogP contribution is -2.30. The first-order chi connectivity index (χ1) is 9.74. The van der Waals surface area contributed by atoms with E-state index < -0.39 is 0 Å². The van der Waals surface area contributed by atoms with Gasteiger partial charge in [0.1, 0.15) is 5.65 Å². The molecule has 3 heterocycles. The molecule has 0 bridgehead atoms. The first-order valence-corrected chi connectivity index (χ1v) is 7.60. The fraction of sp³-hybridized carbons (Fsp3) is 0.562. The van der Waals surface area contributed by atoms with Gasteiger partial charge in [-0.3, -0.25) is 0 Å². The van der Waals surface area contributed by atoms with Crippen LogP contribution in [0.15, 0.2) is 24.5 Å². The Labute approximate surface area is 120 Å². The highest BCUT2D eigenvalue weighted by atomic mass is 15.2. The zero-order valence-corrected chi connectivity index (χ0v) is 12.4. The van der Waals surface area contributed by atoms with Gasteiger partial charge in [0.25, 0.3) is 0 Å². The van der Waals surface area contributed by atoms with E-state index in [0.29, 0.717) is 6.04 Å². The number of hydrogen-bond donors (Lipinski definition) is 2. The van der Waals surface area contributed by atoms with Gasteiger partial charge in [0.2, 0.25) is 0 Å². The largest absolute Gasteiger partial charge is 0.346 e. The van der Waals surface area contributed by atoms with Gasteiger partial charge in [-0.2, -0.15) is 0 Å². The smallest absolute Gasteiger partial charge is 0.137 e. The molecule has 0 amide bonds. The average Bonchev–Trinajstić information content (AvgIpc) is 3.06. The predicted molar refractivity (Wildman–Crippen MR) is 82.6 cm³/mol. The van der Waals surface area contributed by atoms with Gasteiger partial charge in [-0.05, 0) is 57.0 Å². The molecular formula is C16H24N4. The van der Waals surface area contributed by atoms with Crippen molar-refractivity contribution < 1.29 is 0 Å². The van der Waals surface area contributed by atoms with Crippen LogP contribution >= 0.6 is 0 Å². The predicted octanol–water partition coefficient (Wildman–Crippen LogP) is 2.38. The summed E-state index contributed by atoms with van der Waals surface area (Å²) < 4.78 is 0. The summed E-state index contributed by atoms with van der Waals surface area (Å²) in [5.74, 6) is 0.792. The maximum absolute atomic E-state index is 4.33. The molecule has 1 fully saturated rings. The van der Waals surface area contributed by atoms with Crippen LogP contribution < -0.4 is 5.32 Å². The van der Waals surface area contributed by atoms with Crippen LogP contribution in [-0.2, 0) is 6.54 Å². The number of aromatic amines is 1. The maximum atomic E-state index is 4.33. The third-order valence-electron chi connectivity index (χ3n) is 4.33. The lowest BCUT2D eigenvalue weighted by Gasteiger charge is -2.20. The molecule has 0 spiro atoms. The summed E-state index contributed by atoms with van der Waals surface area (Å²) in [5.41, 5.74) is 2.29. The second-order valence-corrected chi connectivity index (χ2v) is 6.09. The van der Waals surface area contributed by atoms with Crippen molar-refractivity contribution in [2.75, 3.05) is 19.6 Å². The lowest BCUT2D eigenvalue weighted by atomic mass is 10.1. The topological polar surface area (TPSA) is 44.0 Å². The number of nitrogens with one attached hydrogen (secondary N) is 2. The molecule has 0 saturated carbocycles. The molecule has 2 aromatic heterocycles. The fourth-order valence-corrected chi connectivity index (χ4v) is 3.07. The lowest BCUT2D eigenvalue weighted by molar-refractivity contribution is 0.264. The van der Waals surface area contributed by atoms with Crippen molar-refractivity contribution in [3.63, 3.8) is 0 Å². The zero-order chi connectivity index (χ0) is 13.9. The van der Waals surface area contributed by atoms with Gasteiger partial charge in [0.05, 0.1) is 0 Å². The number of H-pyrrole nitrogens is 1. The van der Waals surface area contributed by atoms with Crippen LogP contribution in [0.3, 0.4) is 0 Å². The second kappa shape index (κ2) is 5.94. The summed E-state index contributed by atoms with van der Waals surface area (Å²) >= 11 is 0. The van der Waals surface area contributed by atoms with Gasteiger partial charge >= 0.3 is 0 Å². The summed E-state index contributed by atoms with van der Waals surface area (Å²) in [6, 6.07) is 4.81. The maximum Gasteiger partial charge on any atom is 0.137 e. The van der Waals surface area contributed by atoms with E-state index >= 15 is 0 Å². The van der Waals surface area contributed by atoms with Crippen LogP contribution in [0.5, 0.6) is 0 Å². The van der Waals surface area contributed by atoms with E-state index in [2.05, 4.69) is 46.3 Å². The number of rotatable bonds is 5. The number of hydrogen-bond acceptors (Lipinski definition) is 3. The molecule has 0 radical (unpaired) electrons. The number of fused-ring (bicyclic) bond motifs is 1. The molecule has 1 atom stereocenters. The molecule has 1 unspecified atom stereocenters. The van der Waals surface area contributed by atoms with Gasteiger partial charge < -0.3 is 15.2 Å². The Hall–Kier alpha value is -1.39. The first kappa shape index (κ1) is 13.6. The fourth-order valence-electron chi connectivity index (χ4n) is 3.07. The molecule has 108 valence electrons. The SMILES string of the molecule is CC(C)N1CCC(CNCc2c[nH]c3ncccc23)C1. The van der Waals surface area contributed by atoms with Crippen molar-refractivity contribution in [3.05, 3.63) is 30.1 Å². The van der Waals surface area contributed by atoms with Crippen LogP contribution in [-0.4, -0.2) is 40.5 Å². The average molecular weight is 272 g/mol. The highest BCUT2D eigenvalue weighted by Gasteiger charge is 2.23. The monoisotopic (exact) mass is 272 g/mol. The quantitative estimate of drug-likeness (QED) is 0.878. The van der Waals surface area contributed by atoms with Crippen molar-refractivity contribution in [2.45, 2.75) is 32.9 Å². The molecule has 2 aromatic rings. The summed E-state index contributed by atoms with van der Waals surface area (Å²) in [7, 11) is 0. The molecule has 1 aliphatic rings. The van der Waals surface area contributed by atoms with Gasteiger partial charge in [-0.25, -0.2) is 4.98 Å². The molecule has 0 aliphatic carbocycles. The van der Waals surface area contributed by atoms with E-state index in [1.807, 2.05) is 12.3 Å². The molecular weight excluding hydrogens is 248 g/mol. The third-order valence-corrected chi connectivity index (χ3v) is 4.33. The summed E-state index contributed by atoms with van der Waals surface area (Å²) in [6.45, 7) is 9.09. The number of nitrogens with zero attached hydrogens (tertiary/aromatic N) is 2. The Bertz CT molecular complexity index is 560. The van der Waals surface area contributed by atoms with Crippen molar-refractivity contribution in [3.8, 4) is 0 Å². The summed E-state index contributed by atoms with van der Waals surface area (Å²) in [5, 5.41) is 4.84. The summed E-state index contributed by atoms with van der Waals surface area (Å²) in [6.07, 6.45) is 5.22. The Balaban J connectivity index is 1.51. The van der Waals surface area contributed by atoms with Crippen LogP contribution in [0.4, 0.5) is 0 Å². The Morgan fingerprint density at radius 3 is 3.20 bits per heavy atom. The van der Waals surface area contributed by atoms with Gasteiger partial charge in [0.15, 0.2) is 0 Å². The van der Waals surface area contributed by atoms with Gasteiger partial charge in [-0.1, -0.05) is 0 Å². The minimum absolute atomic E-state index is 0.680. The van der Waals surface area contributed by atoms with E-state index in [4.69, 9.17) is 0 Å². The number of aromatic nitrogens is 2. The Morgan fingerprint density at radius 1 is 1.50 bits per heavy atom. The molecule has 2 N–H and O–H groups in total. The van der Waals surface area contributed by atoms with Crippen LogP contribution in [0.25, 0.3) is 11.0 Å². The van der Waals surface area contributed by atoms with E-state index in [9.17, 15) is 0 Å². The molecule has 4 heteroatoms. The second-order valence-electron chi connectivity index (χ2n) is 6.09. The van der Waals surface area contributed by atoms with Crippen molar-refractivity contribution in [1.29, 1.82) is 0 Å². The minimum Gasteiger partial charge on any atom is -0.346 e. The van der Waals surface area contributed by atoms with E-state index in [0.717, 1.165) is 24.7 Å². The molecule has 3 rings (SSSR count). The van der Waals surface area contributed by atoms with Crippen LogP contribution in [0, 0.1) is 5.92 Å². The first-order valence-electron chi connectivity index (χ1n) is 7.60. The van der Waals surface area contributed by atoms with E-state index in [-0.39, 0.29) is 0 Å².